The Morgan fingerprint density at radius 2 is 1.77 bits per heavy atom. The third kappa shape index (κ3) is 4.59. The first-order valence-corrected chi connectivity index (χ1v) is 10.7. The lowest BCUT2D eigenvalue weighted by Gasteiger charge is -2.22. The maximum atomic E-state index is 13.5. The molecule has 0 N–H and O–H groups in total. The lowest BCUT2D eigenvalue weighted by atomic mass is 10.1. The van der Waals surface area contributed by atoms with Crippen LogP contribution in [0, 0.1) is 6.92 Å². The highest BCUT2D eigenvalue weighted by atomic mass is 19.4. The molecule has 1 unspecified atom stereocenters. The standard InChI is InChI=1S/C23H18F3N5O4/c1-13-27-20(34-29-13)14-7-2-3-8-15(14)22(32)31-12-6-10-17(31)21-28-19(30-35-21)16-9-4-5-11-18(16)33-23(24,25)26/h2-5,7-9,11,17H,6,10,12H2,1H3. The number of aromatic nitrogens is 4. The average Bonchev–Trinajstić information content (AvgIpc) is 3.58. The van der Waals surface area contributed by atoms with Gasteiger partial charge in [0.15, 0.2) is 5.82 Å². The monoisotopic (exact) mass is 485 g/mol. The first-order valence-electron chi connectivity index (χ1n) is 10.7. The van der Waals surface area contributed by atoms with Crippen molar-refractivity contribution in [2.75, 3.05) is 6.54 Å². The van der Waals surface area contributed by atoms with Gasteiger partial charge in [-0.1, -0.05) is 34.6 Å². The Balaban J connectivity index is 1.44. The van der Waals surface area contributed by atoms with Crippen molar-refractivity contribution in [1.82, 2.24) is 25.2 Å². The molecule has 2 aromatic heterocycles. The van der Waals surface area contributed by atoms with E-state index in [1.807, 2.05) is 0 Å². The number of carbonyl (C=O) groups excluding carboxylic acids is 1. The highest BCUT2D eigenvalue weighted by Gasteiger charge is 2.37. The Bertz CT molecular complexity index is 1370. The lowest BCUT2D eigenvalue weighted by Crippen LogP contribution is -2.31. The van der Waals surface area contributed by atoms with Crippen molar-refractivity contribution >= 4 is 5.91 Å². The van der Waals surface area contributed by atoms with E-state index in [0.29, 0.717) is 36.3 Å². The maximum absolute atomic E-state index is 13.5. The number of alkyl halides is 3. The fourth-order valence-corrected chi connectivity index (χ4v) is 4.03. The first kappa shape index (κ1) is 22.6. The van der Waals surface area contributed by atoms with Crippen molar-refractivity contribution in [2.45, 2.75) is 32.2 Å². The van der Waals surface area contributed by atoms with E-state index in [-0.39, 0.29) is 29.1 Å². The Kier molecular flexibility index (Phi) is 5.71. The van der Waals surface area contributed by atoms with Crippen molar-refractivity contribution in [3.63, 3.8) is 0 Å². The Labute approximate surface area is 196 Å². The molecule has 5 rings (SSSR count). The van der Waals surface area contributed by atoms with Gasteiger partial charge in [-0.15, -0.1) is 13.2 Å². The van der Waals surface area contributed by atoms with E-state index < -0.39 is 18.2 Å². The third-order valence-corrected chi connectivity index (χ3v) is 5.51. The molecule has 9 nitrogen and oxygen atoms in total. The number of rotatable bonds is 5. The Hall–Kier alpha value is -4.22. The molecule has 0 bridgehead atoms. The topological polar surface area (TPSA) is 107 Å². The predicted molar refractivity (Wildman–Crippen MR) is 114 cm³/mol. The summed E-state index contributed by atoms with van der Waals surface area (Å²) >= 11 is 0. The number of aryl methyl sites for hydroxylation is 1. The Morgan fingerprint density at radius 3 is 2.51 bits per heavy atom. The summed E-state index contributed by atoms with van der Waals surface area (Å²) in [6.45, 7) is 2.12. The van der Waals surface area contributed by atoms with E-state index in [2.05, 4.69) is 25.0 Å². The number of ether oxygens (including phenoxy) is 1. The summed E-state index contributed by atoms with van der Waals surface area (Å²) in [6.07, 6.45) is -3.64. The SMILES string of the molecule is Cc1noc(-c2ccccc2C(=O)N2CCCC2c2nc(-c3ccccc3OC(F)(F)F)no2)n1. The van der Waals surface area contributed by atoms with Crippen LogP contribution in [0.4, 0.5) is 13.2 Å². The second-order valence-corrected chi connectivity index (χ2v) is 7.85. The normalized spacial score (nSPS) is 16.0. The van der Waals surface area contributed by atoms with E-state index in [0.717, 1.165) is 0 Å². The molecule has 1 aliphatic heterocycles. The third-order valence-electron chi connectivity index (χ3n) is 5.51. The molecule has 35 heavy (non-hydrogen) atoms. The number of nitrogens with zero attached hydrogens (tertiary/aromatic N) is 5. The summed E-state index contributed by atoms with van der Waals surface area (Å²) in [5.41, 5.74) is 0.882. The number of hydrogen-bond acceptors (Lipinski definition) is 8. The minimum atomic E-state index is -4.87. The van der Waals surface area contributed by atoms with Crippen molar-refractivity contribution in [2.24, 2.45) is 0 Å². The lowest BCUT2D eigenvalue weighted by molar-refractivity contribution is -0.274. The largest absolute Gasteiger partial charge is 0.573 e. The number of halogens is 3. The Morgan fingerprint density at radius 1 is 1.03 bits per heavy atom. The molecule has 4 aromatic rings. The van der Waals surface area contributed by atoms with Crippen LogP contribution >= 0.6 is 0 Å². The number of amides is 1. The fraction of sp³-hybridized carbons (Fsp3) is 0.261. The van der Waals surface area contributed by atoms with E-state index in [1.165, 1.54) is 24.3 Å². The van der Waals surface area contributed by atoms with Crippen LogP contribution in [0.5, 0.6) is 5.75 Å². The number of benzene rings is 2. The van der Waals surface area contributed by atoms with Gasteiger partial charge in [0.1, 0.15) is 11.8 Å². The van der Waals surface area contributed by atoms with Crippen molar-refractivity contribution < 1.29 is 31.7 Å². The molecule has 3 heterocycles. The van der Waals surface area contributed by atoms with Gasteiger partial charge in [-0.05, 0) is 44.0 Å². The van der Waals surface area contributed by atoms with Crippen LogP contribution in [0.15, 0.2) is 57.6 Å². The molecule has 1 saturated heterocycles. The molecule has 1 atom stereocenters. The molecule has 2 aromatic carbocycles. The molecule has 0 spiro atoms. The van der Waals surface area contributed by atoms with Crippen LogP contribution in [-0.2, 0) is 0 Å². The molecule has 12 heteroatoms. The molecule has 0 aliphatic carbocycles. The number of carbonyl (C=O) groups is 1. The zero-order valence-corrected chi connectivity index (χ0v) is 18.3. The van der Waals surface area contributed by atoms with Gasteiger partial charge in [0, 0.05) is 6.54 Å². The van der Waals surface area contributed by atoms with Gasteiger partial charge in [0.2, 0.25) is 11.7 Å². The van der Waals surface area contributed by atoms with Crippen molar-refractivity contribution in [3.8, 4) is 28.6 Å². The number of likely N-dealkylation sites (tertiary alicyclic amines) is 1. The number of hydrogen-bond donors (Lipinski definition) is 0. The average molecular weight is 485 g/mol. The van der Waals surface area contributed by atoms with Crippen LogP contribution in [-0.4, -0.2) is 44.0 Å². The van der Waals surface area contributed by atoms with Gasteiger partial charge < -0.3 is 18.7 Å². The maximum Gasteiger partial charge on any atom is 0.573 e. The second kappa shape index (κ2) is 8.85. The fourth-order valence-electron chi connectivity index (χ4n) is 4.03. The summed E-state index contributed by atoms with van der Waals surface area (Å²) in [7, 11) is 0. The first-order chi connectivity index (χ1) is 16.8. The summed E-state index contributed by atoms with van der Waals surface area (Å²) in [4.78, 5) is 23.6. The molecular weight excluding hydrogens is 467 g/mol. The van der Waals surface area contributed by atoms with Crippen LogP contribution in [0.2, 0.25) is 0 Å². The predicted octanol–water partition coefficient (Wildman–Crippen LogP) is 4.97. The summed E-state index contributed by atoms with van der Waals surface area (Å²) in [5, 5.41) is 7.64. The van der Waals surface area contributed by atoms with E-state index in [1.54, 1.807) is 36.1 Å². The highest BCUT2D eigenvalue weighted by molar-refractivity contribution is 6.00. The van der Waals surface area contributed by atoms with Gasteiger partial charge in [0.05, 0.1) is 16.7 Å². The zero-order valence-electron chi connectivity index (χ0n) is 18.3. The minimum Gasteiger partial charge on any atom is -0.405 e. The molecule has 1 aliphatic rings. The smallest absolute Gasteiger partial charge is 0.405 e. The molecule has 0 radical (unpaired) electrons. The zero-order chi connectivity index (χ0) is 24.6. The molecule has 1 amide bonds. The highest BCUT2D eigenvalue weighted by Crippen LogP contribution is 2.37. The second-order valence-electron chi connectivity index (χ2n) is 7.85. The number of para-hydroxylation sites is 1. The summed E-state index contributed by atoms with van der Waals surface area (Å²) < 4.78 is 53.1. The van der Waals surface area contributed by atoms with Gasteiger partial charge in [-0.25, -0.2) is 0 Å². The summed E-state index contributed by atoms with van der Waals surface area (Å²) in [6, 6.07) is 11.8. The van der Waals surface area contributed by atoms with E-state index in [9.17, 15) is 18.0 Å². The van der Waals surface area contributed by atoms with Crippen molar-refractivity contribution in [1.29, 1.82) is 0 Å². The van der Waals surface area contributed by atoms with Gasteiger partial charge in [-0.3, -0.25) is 4.79 Å². The summed E-state index contributed by atoms with van der Waals surface area (Å²) in [5.74, 6) is -0.0207. The van der Waals surface area contributed by atoms with Crippen molar-refractivity contribution in [3.05, 3.63) is 65.8 Å². The van der Waals surface area contributed by atoms with E-state index >= 15 is 0 Å². The van der Waals surface area contributed by atoms with Crippen LogP contribution in [0.3, 0.4) is 0 Å². The molecular formula is C23H18F3N5O4. The minimum absolute atomic E-state index is 0.0211. The molecule has 0 saturated carbocycles. The molecule has 180 valence electrons. The van der Waals surface area contributed by atoms with E-state index in [4.69, 9.17) is 9.05 Å². The molecule has 1 fully saturated rings. The van der Waals surface area contributed by atoms with Crippen LogP contribution in [0.1, 0.15) is 41.0 Å². The van der Waals surface area contributed by atoms with Gasteiger partial charge in [-0.2, -0.15) is 9.97 Å². The van der Waals surface area contributed by atoms with Crippen LogP contribution in [0.25, 0.3) is 22.8 Å². The quantitative estimate of drug-likeness (QED) is 0.390. The van der Waals surface area contributed by atoms with Gasteiger partial charge >= 0.3 is 6.36 Å². The van der Waals surface area contributed by atoms with Crippen LogP contribution < -0.4 is 4.74 Å². The van der Waals surface area contributed by atoms with Gasteiger partial charge in [0.25, 0.3) is 11.8 Å².